The van der Waals surface area contributed by atoms with E-state index < -0.39 is 0 Å². The third kappa shape index (κ3) is 4.00. The summed E-state index contributed by atoms with van der Waals surface area (Å²) in [5, 5.41) is 6.98. The van der Waals surface area contributed by atoms with Crippen molar-refractivity contribution >= 4 is 86.9 Å². The predicted octanol–water partition coefficient (Wildman–Crippen LogP) is 13.2. The summed E-state index contributed by atoms with van der Waals surface area (Å²) < 4.78 is 13.8. The molecule has 11 rings (SSSR count). The summed E-state index contributed by atoms with van der Waals surface area (Å²) in [5.41, 5.74) is 12.7. The SMILES string of the molecule is c1ccc(-n2c3ccccc3c3cc(-c4ccc5oc6ccc(-c7cc8c(s7)c7sccc7n8-c7ccccc7)cc6c5c4)ccc32)cc1. The second-order valence-electron chi connectivity index (χ2n) is 12.6. The van der Waals surface area contributed by atoms with Crippen LogP contribution in [0.25, 0.3) is 97.1 Å². The van der Waals surface area contributed by atoms with Gasteiger partial charge in [-0.1, -0.05) is 66.7 Å². The van der Waals surface area contributed by atoms with Crippen molar-refractivity contribution in [3.63, 3.8) is 0 Å². The van der Waals surface area contributed by atoms with E-state index in [4.69, 9.17) is 4.42 Å². The number of hydrogen-bond acceptors (Lipinski definition) is 3. The highest BCUT2D eigenvalue weighted by Gasteiger charge is 2.19. The molecule has 0 saturated heterocycles. The fraction of sp³-hybridized carbons (Fsp3) is 0. The standard InChI is InChI=1S/C44H26N2OS2/c1-3-9-30(10-4-1)45-36-14-8-7-13-32(36)33-23-27(15-18-37(33)45)28-16-19-40-34(24-28)35-25-29(17-20-41(35)47-40)42-26-39-44(49-42)43-38(21-22-48-43)46(39)31-11-5-2-6-12-31/h1-26H. The van der Waals surface area contributed by atoms with E-state index in [-0.39, 0.29) is 0 Å². The van der Waals surface area contributed by atoms with Crippen LogP contribution in [0.1, 0.15) is 0 Å². The molecule has 0 bridgehead atoms. The van der Waals surface area contributed by atoms with Gasteiger partial charge in [-0.3, -0.25) is 0 Å². The monoisotopic (exact) mass is 662 g/mol. The molecular weight excluding hydrogens is 637 g/mol. The zero-order chi connectivity index (χ0) is 32.1. The molecule has 11 aromatic rings. The molecule has 0 unspecified atom stereocenters. The minimum atomic E-state index is 0.907. The maximum Gasteiger partial charge on any atom is 0.135 e. The molecule has 0 aliphatic carbocycles. The minimum absolute atomic E-state index is 0.907. The summed E-state index contributed by atoms with van der Waals surface area (Å²) in [6.07, 6.45) is 0. The molecule has 0 amide bonds. The first-order chi connectivity index (χ1) is 24.3. The van der Waals surface area contributed by atoms with Gasteiger partial charge in [0.15, 0.2) is 0 Å². The van der Waals surface area contributed by atoms with Gasteiger partial charge >= 0.3 is 0 Å². The van der Waals surface area contributed by atoms with Crippen molar-refractivity contribution in [2.24, 2.45) is 0 Å². The molecule has 0 atom stereocenters. The lowest BCUT2D eigenvalue weighted by atomic mass is 10.00. The summed E-state index contributed by atoms with van der Waals surface area (Å²) >= 11 is 3.70. The largest absolute Gasteiger partial charge is 0.456 e. The van der Waals surface area contributed by atoms with Crippen LogP contribution in [0, 0.1) is 0 Å². The molecule has 3 nitrogen and oxygen atoms in total. The normalized spacial score (nSPS) is 12.1. The van der Waals surface area contributed by atoms with Crippen LogP contribution in [0.2, 0.25) is 0 Å². The Bertz CT molecular complexity index is 3040. The maximum atomic E-state index is 6.38. The molecule has 0 aliphatic heterocycles. The Kier molecular flexibility index (Phi) is 5.70. The maximum absolute atomic E-state index is 6.38. The molecule has 230 valence electrons. The first kappa shape index (κ1) is 27.1. The Hall–Kier alpha value is -5.88. The van der Waals surface area contributed by atoms with Crippen LogP contribution in [0.15, 0.2) is 161 Å². The number of benzene rings is 6. The van der Waals surface area contributed by atoms with Crippen LogP contribution in [-0.2, 0) is 0 Å². The quantitative estimate of drug-likeness (QED) is 0.184. The summed E-state index contributed by atoms with van der Waals surface area (Å²) in [6.45, 7) is 0. The molecular formula is C44H26N2OS2. The fourth-order valence-electron chi connectivity index (χ4n) is 7.60. The Morgan fingerprint density at radius 3 is 1.76 bits per heavy atom. The molecule has 0 saturated carbocycles. The molecule has 6 aromatic carbocycles. The number of fused-ring (bicyclic) bond motifs is 9. The van der Waals surface area contributed by atoms with Crippen LogP contribution >= 0.6 is 22.7 Å². The Balaban J connectivity index is 1.05. The third-order valence-corrected chi connectivity index (χ3v) is 12.1. The van der Waals surface area contributed by atoms with Gasteiger partial charge in [-0.15, -0.1) is 22.7 Å². The third-order valence-electron chi connectivity index (χ3n) is 9.83. The summed E-state index contributed by atoms with van der Waals surface area (Å²) in [5.74, 6) is 0. The van der Waals surface area contributed by atoms with E-state index in [1.807, 2.05) is 22.7 Å². The first-order valence-corrected chi connectivity index (χ1v) is 18.1. The Morgan fingerprint density at radius 1 is 0.408 bits per heavy atom. The lowest BCUT2D eigenvalue weighted by Gasteiger charge is -2.08. The van der Waals surface area contributed by atoms with Gasteiger partial charge in [-0.2, -0.15) is 0 Å². The van der Waals surface area contributed by atoms with Gasteiger partial charge in [-0.25, -0.2) is 0 Å². The highest BCUT2D eigenvalue weighted by Crippen LogP contribution is 2.45. The van der Waals surface area contributed by atoms with Gasteiger partial charge < -0.3 is 13.6 Å². The lowest BCUT2D eigenvalue weighted by molar-refractivity contribution is 0.669. The molecule has 0 N–H and O–H groups in total. The number of rotatable bonds is 4. The van der Waals surface area contributed by atoms with Gasteiger partial charge in [0, 0.05) is 37.8 Å². The number of furan rings is 1. The van der Waals surface area contributed by atoms with E-state index in [1.165, 1.54) is 75.2 Å². The Labute approximate surface area is 289 Å². The fourth-order valence-corrected chi connectivity index (χ4v) is 9.79. The number of para-hydroxylation sites is 3. The van der Waals surface area contributed by atoms with Crippen LogP contribution < -0.4 is 0 Å². The molecule has 0 aliphatic rings. The van der Waals surface area contributed by atoms with E-state index >= 15 is 0 Å². The predicted molar refractivity (Wildman–Crippen MR) is 209 cm³/mol. The van der Waals surface area contributed by atoms with Crippen LogP contribution in [0.3, 0.4) is 0 Å². The smallest absolute Gasteiger partial charge is 0.135 e. The summed E-state index contributed by atoms with van der Waals surface area (Å²) in [4.78, 5) is 1.26. The molecule has 5 heteroatoms. The van der Waals surface area contributed by atoms with Crippen molar-refractivity contribution in [2.75, 3.05) is 0 Å². The first-order valence-electron chi connectivity index (χ1n) is 16.4. The van der Waals surface area contributed by atoms with E-state index in [2.05, 4.69) is 166 Å². The molecule has 5 aromatic heterocycles. The zero-order valence-electron chi connectivity index (χ0n) is 26.1. The van der Waals surface area contributed by atoms with Crippen molar-refractivity contribution in [1.82, 2.24) is 9.13 Å². The van der Waals surface area contributed by atoms with Crippen molar-refractivity contribution in [3.05, 3.63) is 157 Å². The van der Waals surface area contributed by atoms with E-state index in [0.717, 1.165) is 21.9 Å². The molecule has 0 spiro atoms. The van der Waals surface area contributed by atoms with Gasteiger partial charge in [-0.05, 0) is 107 Å². The number of hydrogen-bond donors (Lipinski definition) is 0. The molecule has 0 fully saturated rings. The van der Waals surface area contributed by atoms with E-state index in [0.29, 0.717) is 0 Å². The van der Waals surface area contributed by atoms with Crippen LogP contribution in [0.5, 0.6) is 0 Å². The topological polar surface area (TPSA) is 23.0 Å². The summed E-state index contributed by atoms with van der Waals surface area (Å²) in [7, 11) is 0. The van der Waals surface area contributed by atoms with Crippen molar-refractivity contribution in [3.8, 4) is 32.9 Å². The van der Waals surface area contributed by atoms with Crippen molar-refractivity contribution in [1.29, 1.82) is 0 Å². The number of thiophene rings is 2. The highest BCUT2D eigenvalue weighted by atomic mass is 32.1. The van der Waals surface area contributed by atoms with Gasteiger partial charge in [0.2, 0.25) is 0 Å². The van der Waals surface area contributed by atoms with Gasteiger partial charge in [0.25, 0.3) is 0 Å². The average molecular weight is 663 g/mol. The second kappa shape index (κ2) is 10.3. The zero-order valence-corrected chi connectivity index (χ0v) is 27.8. The molecule has 5 heterocycles. The molecule has 0 radical (unpaired) electrons. The average Bonchev–Trinajstić information content (AvgIpc) is 3.97. The van der Waals surface area contributed by atoms with E-state index in [9.17, 15) is 0 Å². The number of aromatic nitrogens is 2. The lowest BCUT2D eigenvalue weighted by Crippen LogP contribution is -1.92. The molecule has 49 heavy (non-hydrogen) atoms. The minimum Gasteiger partial charge on any atom is -0.456 e. The number of nitrogens with zero attached hydrogens (tertiary/aromatic N) is 2. The summed E-state index contributed by atoms with van der Waals surface area (Å²) in [6, 6.07) is 54.7. The van der Waals surface area contributed by atoms with Gasteiger partial charge in [0.1, 0.15) is 11.2 Å². The van der Waals surface area contributed by atoms with Crippen LogP contribution in [-0.4, -0.2) is 9.13 Å². The van der Waals surface area contributed by atoms with Crippen molar-refractivity contribution in [2.45, 2.75) is 0 Å². The van der Waals surface area contributed by atoms with Crippen LogP contribution in [0.4, 0.5) is 0 Å². The van der Waals surface area contributed by atoms with E-state index in [1.54, 1.807) is 0 Å². The highest BCUT2D eigenvalue weighted by molar-refractivity contribution is 7.28. The second-order valence-corrected chi connectivity index (χ2v) is 14.5. The van der Waals surface area contributed by atoms with Gasteiger partial charge in [0.05, 0.1) is 31.5 Å². The van der Waals surface area contributed by atoms with Crippen molar-refractivity contribution < 1.29 is 4.42 Å². The Morgan fingerprint density at radius 2 is 1.00 bits per heavy atom.